The highest BCUT2D eigenvalue weighted by Gasteiger charge is 2.55. The van der Waals surface area contributed by atoms with Gasteiger partial charge < -0.3 is 14.9 Å². The van der Waals surface area contributed by atoms with Crippen LogP contribution in [0.1, 0.15) is 57.1 Å². The predicted molar refractivity (Wildman–Crippen MR) is 117 cm³/mol. The van der Waals surface area contributed by atoms with E-state index in [4.69, 9.17) is 4.74 Å². The molecule has 0 radical (unpaired) electrons. The van der Waals surface area contributed by atoms with Crippen molar-refractivity contribution in [1.82, 2.24) is 29.6 Å². The largest absolute Gasteiger partial charge is 0.507 e. The third-order valence-electron chi connectivity index (χ3n) is 6.60. The fraction of sp³-hybridized carbons (Fsp3) is 0.217. The lowest BCUT2D eigenvalue weighted by Gasteiger charge is -2.27. The Morgan fingerprint density at radius 3 is 2.65 bits per heavy atom. The number of aryl methyl sites for hydroxylation is 1. The van der Waals surface area contributed by atoms with E-state index in [0.717, 1.165) is 0 Å². The maximum atomic E-state index is 14.0. The lowest BCUT2D eigenvalue weighted by Crippen LogP contribution is -2.36. The second-order valence-corrected chi connectivity index (χ2v) is 8.60. The number of phenols is 2. The van der Waals surface area contributed by atoms with Crippen LogP contribution in [0.4, 0.5) is 0 Å². The molecule has 6 rings (SSSR count). The standard InChI is InChI=1S/C23H18N6O5/c1-9-19(31)17(11(3)30)21-18(20(9)32)23(4)13(34-21)7-12-16(22(23)33)10(2)26-29(12)15-6-5-14-25-24-8-28(14)27-15/h5-8,31-32H,1-4H3. The highest BCUT2D eigenvalue weighted by molar-refractivity contribution is 6.14. The van der Waals surface area contributed by atoms with Crippen LogP contribution in [0.5, 0.6) is 17.2 Å². The molecule has 1 unspecified atom stereocenters. The first kappa shape index (κ1) is 20.1. The summed E-state index contributed by atoms with van der Waals surface area (Å²) in [6.45, 7) is 6.12. The van der Waals surface area contributed by atoms with Crippen molar-refractivity contribution in [1.29, 1.82) is 0 Å². The third kappa shape index (κ3) is 2.25. The van der Waals surface area contributed by atoms with Gasteiger partial charge in [0.1, 0.15) is 40.3 Å². The minimum Gasteiger partial charge on any atom is -0.507 e. The van der Waals surface area contributed by atoms with Crippen LogP contribution in [0, 0.1) is 13.8 Å². The van der Waals surface area contributed by atoms with Crippen LogP contribution in [0.15, 0.2) is 24.2 Å². The summed E-state index contributed by atoms with van der Waals surface area (Å²) in [5, 5.41) is 38.2. The van der Waals surface area contributed by atoms with Gasteiger partial charge in [-0.25, -0.2) is 4.68 Å². The number of fused-ring (bicyclic) bond motifs is 5. The van der Waals surface area contributed by atoms with Crippen LogP contribution in [0.3, 0.4) is 0 Å². The zero-order valence-electron chi connectivity index (χ0n) is 18.6. The summed E-state index contributed by atoms with van der Waals surface area (Å²) in [6.07, 6.45) is 3.12. The molecule has 3 aromatic heterocycles. The number of aromatic hydroxyl groups is 2. The normalized spacial score (nSPS) is 18.4. The fourth-order valence-electron chi connectivity index (χ4n) is 4.79. The first-order chi connectivity index (χ1) is 16.1. The zero-order valence-corrected chi connectivity index (χ0v) is 18.6. The van der Waals surface area contributed by atoms with Gasteiger partial charge in [-0.3, -0.25) is 9.59 Å². The molecule has 0 amide bonds. The smallest absolute Gasteiger partial charge is 0.185 e. The van der Waals surface area contributed by atoms with Gasteiger partial charge in [0.15, 0.2) is 23.0 Å². The van der Waals surface area contributed by atoms with Crippen molar-refractivity contribution >= 4 is 23.3 Å². The van der Waals surface area contributed by atoms with Crippen molar-refractivity contribution < 1.29 is 24.5 Å². The number of aromatic nitrogens is 6. The van der Waals surface area contributed by atoms with Gasteiger partial charge in [0.25, 0.3) is 0 Å². The number of carbonyl (C=O) groups excluding carboxylic acids is 2. The monoisotopic (exact) mass is 458 g/mol. The minimum absolute atomic E-state index is 0.0125. The van der Waals surface area contributed by atoms with Crippen molar-refractivity contribution in [2.75, 3.05) is 0 Å². The molecule has 0 saturated heterocycles. The van der Waals surface area contributed by atoms with E-state index in [0.29, 0.717) is 28.4 Å². The van der Waals surface area contributed by atoms with Crippen molar-refractivity contribution in [3.8, 4) is 23.1 Å². The molecule has 1 aliphatic carbocycles. The Bertz CT molecular complexity index is 1650. The molecule has 34 heavy (non-hydrogen) atoms. The van der Waals surface area contributed by atoms with E-state index < -0.39 is 11.2 Å². The van der Waals surface area contributed by atoms with Gasteiger partial charge in [-0.1, -0.05) is 0 Å². The van der Waals surface area contributed by atoms with E-state index in [1.54, 1.807) is 32.1 Å². The fourth-order valence-corrected chi connectivity index (χ4v) is 4.79. The number of hydrogen-bond acceptors (Lipinski definition) is 9. The Labute approximate surface area is 191 Å². The number of ether oxygens (including phenoxy) is 1. The molecule has 0 fully saturated rings. The number of benzene rings is 1. The number of ketones is 2. The summed E-state index contributed by atoms with van der Waals surface area (Å²) in [5.74, 6) is -0.811. The Kier molecular flexibility index (Phi) is 3.71. The van der Waals surface area contributed by atoms with E-state index >= 15 is 0 Å². The topological polar surface area (TPSA) is 145 Å². The lowest BCUT2D eigenvalue weighted by atomic mass is 9.71. The Morgan fingerprint density at radius 2 is 1.91 bits per heavy atom. The average Bonchev–Trinajstić information content (AvgIpc) is 3.46. The van der Waals surface area contributed by atoms with Crippen LogP contribution in [-0.4, -0.2) is 51.4 Å². The van der Waals surface area contributed by atoms with Crippen LogP contribution in [-0.2, 0) is 5.41 Å². The van der Waals surface area contributed by atoms with Gasteiger partial charge in [-0.15, -0.1) is 15.3 Å². The van der Waals surface area contributed by atoms with E-state index in [9.17, 15) is 19.8 Å². The molecular weight excluding hydrogens is 440 g/mol. The molecule has 2 N–H and O–H groups in total. The van der Waals surface area contributed by atoms with Crippen LogP contribution >= 0.6 is 0 Å². The van der Waals surface area contributed by atoms with Crippen molar-refractivity contribution in [2.45, 2.75) is 33.1 Å². The Hall–Kier alpha value is -4.54. The molecule has 1 aliphatic heterocycles. The molecule has 0 saturated carbocycles. The molecule has 11 nitrogen and oxygen atoms in total. The highest BCUT2D eigenvalue weighted by Crippen LogP contribution is 2.58. The van der Waals surface area contributed by atoms with Gasteiger partial charge in [0.2, 0.25) is 0 Å². The first-order valence-electron chi connectivity index (χ1n) is 10.5. The summed E-state index contributed by atoms with van der Waals surface area (Å²) in [5.41, 5.74) is 0.614. The molecule has 4 heterocycles. The third-order valence-corrected chi connectivity index (χ3v) is 6.60. The Morgan fingerprint density at radius 1 is 1.15 bits per heavy atom. The average molecular weight is 458 g/mol. The second-order valence-electron chi connectivity index (χ2n) is 8.60. The molecule has 1 aromatic carbocycles. The summed E-state index contributed by atoms with van der Waals surface area (Å²) in [4.78, 5) is 26.3. The molecule has 0 bridgehead atoms. The molecule has 4 aromatic rings. The number of carbonyl (C=O) groups is 2. The number of rotatable bonds is 2. The van der Waals surface area contributed by atoms with Crippen LogP contribution in [0.25, 0.3) is 17.5 Å². The van der Waals surface area contributed by atoms with Gasteiger partial charge in [0, 0.05) is 11.6 Å². The van der Waals surface area contributed by atoms with E-state index in [2.05, 4.69) is 20.4 Å². The number of nitrogens with zero attached hydrogens (tertiary/aromatic N) is 6. The number of Topliss-reactive ketones (excluding diaryl/α,β-unsaturated/α-hetero) is 2. The highest BCUT2D eigenvalue weighted by atomic mass is 16.5. The van der Waals surface area contributed by atoms with E-state index in [1.807, 2.05) is 0 Å². The predicted octanol–water partition coefficient (Wildman–Crippen LogP) is 2.43. The number of phenolic OH excluding ortho intramolecular Hbond substituents is 2. The SMILES string of the molecule is CC(=O)c1c(O)c(C)c(O)c2c1OC1=Cc3c(c(C)nn3-c3ccc4nncn4n3)C(=O)C12C. The lowest BCUT2D eigenvalue weighted by molar-refractivity contribution is 0.0905. The molecule has 0 spiro atoms. The number of hydrogen-bond donors (Lipinski definition) is 2. The van der Waals surface area contributed by atoms with Crippen LogP contribution < -0.4 is 4.74 Å². The summed E-state index contributed by atoms with van der Waals surface area (Å²) < 4.78 is 9.04. The molecule has 170 valence electrons. The van der Waals surface area contributed by atoms with E-state index in [1.165, 1.54) is 29.4 Å². The molecular formula is C23H18N6O5. The van der Waals surface area contributed by atoms with Crippen molar-refractivity contribution in [2.24, 2.45) is 0 Å². The van der Waals surface area contributed by atoms with Gasteiger partial charge in [0.05, 0.1) is 22.5 Å². The van der Waals surface area contributed by atoms with Crippen LogP contribution in [0.2, 0.25) is 0 Å². The maximum absolute atomic E-state index is 14.0. The van der Waals surface area contributed by atoms with E-state index in [-0.39, 0.29) is 45.5 Å². The molecule has 1 atom stereocenters. The first-order valence-corrected chi connectivity index (χ1v) is 10.5. The van der Waals surface area contributed by atoms with Gasteiger partial charge in [-0.05, 0) is 39.8 Å². The quantitative estimate of drug-likeness (QED) is 0.433. The second kappa shape index (κ2) is 6.28. The summed E-state index contributed by atoms with van der Waals surface area (Å²) in [7, 11) is 0. The van der Waals surface area contributed by atoms with Gasteiger partial charge >= 0.3 is 0 Å². The Balaban J connectivity index is 1.62. The maximum Gasteiger partial charge on any atom is 0.185 e. The number of allylic oxidation sites excluding steroid dienone is 1. The molecule has 11 heteroatoms. The van der Waals surface area contributed by atoms with Crippen molar-refractivity contribution in [3.63, 3.8) is 0 Å². The summed E-state index contributed by atoms with van der Waals surface area (Å²) >= 11 is 0. The molecule has 2 aliphatic rings. The van der Waals surface area contributed by atoms with Crippen molar-refractivity contribution in [3.05, 3.63) is 57.9 Å². The van der Waals surface area contributed by atoms with Gasteiger partial charge in [-0.2, -0.15) is 9.61 Å². The minimum atomic E-state index is -1.40. The zero-order chi connectivity index (χ0) is 24.1. The summed E-state index contributed by atoms with van der Waals surface area (Å²) in [6, 6.07) is 3.43.